The van der Waals surface area contributed by atoms with Gasteiger partial charge in [0.2, 0.25) is 0 Å². The maximum atomic E-state index is 13.9. The predicted molar refractivity (Wildman–Crippen MR) is 128 cm³/mol. The molecule has 1 aromatic heterocycles. The van der Waals surface area contributed by atoms with Crippen LogP contribution in [0.5, 0.6) is 0 Å². The molecule has 1 amide bonds. The highest BCUT2D eigenvalue weighted by Gasteiger charge is 2.51. The molecular weight excluding hydrogens is 442 g/mol. The van der Waals surface area contributed by atoms with E-state index in [4.69, 9.17) is 4.74 Å². The minimum absolute atomic E-state index is 0.0451. The molecule has 3 N–H and O–H groups in total. The summed E-state index contributed by atoms with van der Waals surface area (Å²) in [6, 6.07) is 1.41. The van der Waals surface area contributed by atoms with Gasteiger partial charge in [-0.25, -0.2) is 4.79 Å². The van der Waals surface area contributed by atoms with E-state index in [9.17, 15) is 24.9 Å². The van der Waals surface area contributed by atoms with Crippen LogP contribution < -0.4 is 4.90 Å². The van der Waals surface area contributed by atoms with Gasteiger partial charge in [0.1, 0.15) is 4.88 Å². The monoisotopic (exact) mass is 477 g/mol. The number of thiophene rings is 1. The van der Waals surface area contributed by atoms with Gasteiger partial charge in [0, 0.05) is 31.5 Å². The molecule has 1 aromatic rings. The zero-order valence-electron chi connectivity index (χ0n) is 19.7. The van der Waals surface area contributed by atoms with Crippen molar-refractivity contribution in [1.82, 2.24) is 0 Å². The molecule has 33 heavy (non-hydrogen) atoms. The fourth-order valence-electron chi connectivity index (χ4n) is 4.77. The van der Waals surface area contributed by atoms with Crippen LogP contribution in [0.1, 0.15) is 80.3 Å². The van der Waals surface area contributed by atoms with Crippen molar-refractivity contribution in [3.05, 3.63) is 15.8 Å². The molecule has 2 heterocycles. The molecule has 0 aromatic carbocycles. The largest absolute Gasteiger partial charge is 0.477 e. The third-order valence-electron chi connectivity index (χ3n) is 6.42. The molecule has 1 aliphatic carbocycles. The highest BCUT2D eigenvalue weighted by Crippen LogP contribution is 2.42. The fourth-order valence-corrected chi connectivity index (χ4v) is 5.62. The van der Waals surface area contributed by atoms with Crippen LogP contribution in [0.4, 0.5) is 5.69 Å². The van der Waals surface area contributed by atoms with Crippen LogP contribution in [0.25, 0.3) is 0 Å². The molecule has 1 unspecified atom stereocenters. The van der Waals surface area contributed by atoms with Gasteiger partial charge in [-0.3, -0.25) is 4.79 Å². The van der Waals surface area contributed by atoms with Crippen molar-refractivity contribution in [1.29, 1.82) is 0 Å². The Morgan fingerprint density at radius 1 is 1.21 bits per heavy atom. The summed E-state index contributed by atoms with van der Waals surface area (Å²) < 4.78 is 6.09. The van der Waals surface area contributed by atoms with Gasteiger partial charge in [-0.2, -0.15) is 0 Å². The van der Waals surface area contributed by atoms with E-state index < -0.39 is 11.6 Å². The van der Waals surface area contributed by atoms with Gasteiger partial charge >= 0.3 is 5.97 Å². The van der Waals surface area contributed by atoms with Crippen molar-refractivity contribution in [3.8, 4) is 11.8 Å². The molecule has 2 fully saturated rings. The van der Waals surface area contributed by atoms with Crippen molar-refractivity contribution in [2.45, 2.75) is 77.4 Å². The molecule has 0 radical (unpaired) electrons. The number of nitrogens with zero attached hydrogens (tertiary/aromatic N) is 1. The molecule has 182 valence electrons. The summed E-state index contributed by atoms with van der Waals surface area (Å²) in [5.41, 5.74) is -1.27. The van der Waals surface area contributed by atoms with Crippen LogP contribution in [0.3, 0.4) is 0 Å². The van der Waals surface area contributed by atoms with E-state index in [-0.39, 0.29) is 60.8 Å². The summed E-state index contributed by atoms with van der Waals surface area (Å²) >= 11 is 1.07. The molecule has 0 spiro atoms. The average Bonchev–Trinajstić information content (AvgIpc) is 3.19. The summed E-state index contributed by atoms with van der Waals surface area (Å²) in [4.78, 5) is 28.4. The second kappa shape index (κ2) is 10.6. The first kappa shape index (κ1) is 25.7. The van der Waals surface area contributed by atoms with E-state index in [0.717, 1.165) is 43.4 Å². The van der Waals surface area contributed by atoms with Gasteiger partial charge in [-0.05, 0) is 45.6 Å². The smallest absolute Gasteiger partial charge is 0.348 e. The Balaban J connectivity index is 2.11. The van der Waals surface area contributed by atoms with Gasteiger partial charge in [0.25, 0.3) is 5.91 Å². The molecule has 1 atom stereocenters. The normalized spacial score (nSPS) is 21.5. The Kier molecular flexibility index (Phi) is 8.22. The topological polar surface area (TPSA) is 107 Å². The van der Waals surface area contributed by atoms with Crippen molar-refractivity contribution >= 4 is 28.9 Å². The molecule has 0 bridgehead atoms. The van der Waals surface area contributed by atoms with E-state index in [0.29, 0.717) is 10.6 Å². The summed E-state index contributed by atoms with van der Waals surface area (Å²) in [6.45, 7) is 5.64. The van der Waals surface area contributed by atoms with E-state index in [2.05, 4.69) is 11.8 Å². The lowest BCUT2D eigenvalue weighted by Crippen LogP contribution is -2.64. The molecule has 2 aliphatic rings. The lowest BCUT2D eigenvalue weighted by atomic mass is 9.80. The molecule has 1 saturated heterocycles. The van der Waals surface area contributed by atoms with Gasteiger partial charge in [-0.15, -0.1) is 11.3 Å². The third kappa shape index (κ3) is 5.78. The van der Waals surface area contributed by atoms with Crippen molar-refractivity contribution in [3.63, 3.8) is 0 Å². The predicted octanol–water partition coefficient (Wildman–Crippen LogP) is 3.66. The number of morpholine rings is 1. The summed E-state index contributed by atoms with van der Waals surface area (Å²) in [6.07, 6.45) is 5.29. The van der Waals surface area contributed by atoms with Gasteiger partial charge < -0.3 is 25.0 Å². The Labute approximate surface area is 199 Å². The van der Waals surface area contributed by atoms with Crippen LogP contribution in [0, 0.1) is 23.2 Å². The first-order chi connectivity index (χ1) is 15.6. The molecule has 3 rings (SSSR count). The number of aromatic carboxylic acids is 1. The quantitative estimate of drug-likeness (QED) is 0.518. The number of rotatable bonds is 7. The minimum atomic E-state index is -1.37. The second-order valence-electron chi connectivity index (χ2n) is 10.0. The van der Waals surface area contributed by atoms with Crippen LogP contribution in [0.2, 0.25) is 0 Å². The first-order valence-corrected chi connectivity index (χ1v) is 12.5. The molecule has 1 aliphatic heterocycles. The maximum Gasteiger partial charge on any atom is 0.348 e. The lowest BCUT2D eigenvalue weighted by Gasteiger charge is -2.48. The van der Waals surface area contributed by atoms with E-state index in [1.165, 1.54) is 0 Å². The molecule has 7 nitrogen and oxygen atoms in total. The first-order valence-electron chi connectivity index (χ1n) is 11.7. The van der Waals surface area contributed by atoms with Gasteiger partial charge in [-0.1, -0.05) is 31.1 Å². The van der Waals surface area contributed by atoms with Crippen molar-refractivity contribution < 1.29 is 29.6 Å². The third-order valence-corrected chi connectivity index (χ3v) is 7.45. The van der Waals surface area contributed by atoms with Crippen LogP contribution >= 0.6 is 11.3 Å². The number of hydrogen-bond acceptors (Lipinski definition) is 6. The molecule has 8 heteroatoms. The Hall–Kier alpha value is -1.92. The highest BCUT2D eigenvalue weighted by molar-refractivity contribution is 7.15. The fraction of sp³-hybridized carbons (Fsp3) is 0.680. The molecular formula is C25H35NO6S. The van der Waals surface area contributed by atoms with Crippen LogP contribution in [-0.4, -0.2) is 58.7 Å². The number of anilines is 1. The number of ether oxygens (including phenoxy) is 1. The second-order valence-corrected chi connectivity index (χ2v) is 11.1. The number of carbonyl (C=O) groups is 2. The number of carbonyl (C=O) groups excluding carboxylic acids is 1. The maximum absolute atomic E-state index is 13.9. The zero-order chi connectivity index (χ0) is 24.2. The number of aliphatic hydroxyl groups excluding tert-OH is 2. The standard InChI is InChI=1S/C25H35NO6S/c1-24(2,3)10-9-18-15-19(21(33-18)22(29)30)26-20(17-7-5-4-6-8-17)16-32-25(11-13-27,12-14-28)23(26)31/h15,17,20,27-28H,4-8,11-14,16H2,1-3H3,(H,29,30). The number of aliphatic hydroxyl groups is 2. The molecule has 1 saturated carbocycles. The lowest BCUT2D eigenvalue weighted by molar-refractivity contribution is -0.161. The van der Waals surface area contributed by atoms with E-state index in [1.807, 2.05) is 20.8 Å². The van der Waals surface area contributed by atoms with Crippen LogP contribution in [-0.2, 0) is 9.53 Å². The SMILES string of the molecule is CC(C)(C)C#Cc1cc(N2C(=O)C(CCO)(CCO)OCC2C2CCCCC2)c(C(=O)O)s1. The van der Waals surface area contributed by atoms with E-state index >= 15 is 0 Å². The highest BCUT2D eigenvalue weighted by atomic mass is 32.1. The van der Waals surface area contributed by atoms with Crippen LogP contribution in [0.15, 0.2) is 6.07 Å². The number of carboxylic acids is 1. The number of amides is 1. The van der Waals surface area contributed by atoms with Crippen molar-refractivity contribution in [2.75, 3.05) is 24.7 Å². The number of carboxylic acid groups (broad SMARTS) is 1. The Bertz CT molecular complexity index is 910. The minimum Gasteiger partial charge on any atom is -0.477 e. The van der Waals surface area contributed by atoms with Crippen molar-refractivity contribution in [2.24, 2.45) is 11.3 Å². The zero-order valence-corrected chi connectivity index (χ0v) is 20.5. The summed E-state index contributed by atoms with van der Waals surface area (Å²) in [5, 5.41) is 29.3. The summed E-state index contributed by atoms with van der Waals surface area (Å²) in [7, 11) is 0. The Morgan fingerprint density at radius 2 is 1.85 bits per heavy atom. The van der Waals surface area contributed by atoms with Gasteiger partial charge in [0.15, 0.2) is 5.60 Å². The van der Waals surface area contributed by atoms with Gasteiger partial charge in [0.05, 0.1) is 23.2 Å². The number of hydrogen-bond donors (Lipinski definition) is 3. The van der Waals surface area contributed by atoms with E-state index in [1.54, 1.807) is 11.0 Å². The Morgan fingerprint density at radius 3 is 2.39 bits per heavy atom. The average molecular weight is 478 g/mol. The summed E-state index contributed by atoms with van der Waals surface area (Å²) in [5.74, 6) is 4.93.